The Balaban J connectivity index is 2.55. The first-order valence-electron chi connectivity index (χ1n) is 4.13. The average molecular weight is 255 g/mol. The highest BCUT2D eigenvalue weighted by molar-refractivity contribution is 9.10. The molecule has 72 valence electrons. The van der Waals surface area contributed by atoms with Gasteiger partial charge in [0.2, 0.25) is 0 Å². The normalized spacial score (nSPS) is 10.5. The first-order valence-corrected chi connectivity index (χ1v) is 4.93. The Morgan fingerprint density at radius 2 is 2.21 bits per heavy atom. The minimum Gasteiger partial charge on any atom is -0.239 e. The summed E-state index contributed by atoms with van der Waals surface area (Å²) in [6, 6.07) is 4.65. The molecule has 0 saturated heterocycles. The zero-order valence-corrected chi connectivity index (χ0v) is 9.12. The van der Waals surface area contributed by atoms with Crippen molar-refractivity contribution >= 4 is 15.9 Å². The van der Waals surface area contributed by atoms with Gasteiger partial charge in [0.1, 0.15) is 5.82 Å². The Hall–Kier alpha value is -1.16. The summed E-state index contributed by atoms with van der Waals surface area (Å²) in [6.07, 6.45) is 3.46. The van der Waals surface area contributed by atoms with E-state index in [1.54, 1.807) is 23.1 Å². The van der Waals surface area contributed by atoms with Crippen molar-refractivity contribution in [1.82, 2.24) is 9.78 Å². The topological polar surface area (TPSA) is 17.8 Å². The van der Waals surface area contributed by atoms with Crippen LogP contribution in [0.1, 0.15) is 5.56 Å². The highest BCUT2D eigenvalue weighted by Gasteiger charge is 2.03. The molecule has 4 heteroatoms. The fourth-order valence-corrected chi connectivity index (χ4v) is 1.55. The van der Waals surface area contributed by atoms with Gasteiger partial charge in [-0.3, -0.25) is 0 Å². The lowest BCUT2D eigenvalue weighted by atomic mass is 10.2. The molecular formula is C10H8BrFN2. The Labute approximate surface area is 89.5 Å². The standard InChI is InChI=1S/C10H8BrFN2/c1-7-2-3-9(12)4-10(7)14-6-8(11)5-13-14/h2-6H,1H3. The molecule has 2 aromatic rings. The van der Waals surface area contributed by atoms with Crippen molar-refractivity contribution in [3.63, 3.8) is 0 Å². The summed E-state index contributed by atoms with van der Waals surface area (Å²) in [5.41, 5.74) is 1.75. The summed E-state index contributed by atoms with van der Waals surface area (Å²) >= 11 is 3.30. The van der Waals surface area contributed by atoms with E-state index >= 15 is 0 Å². The monoisotopic (exact) mass is 254 g/mol. The molecule has 0 fully saturated rings. The largest absolute Gasteiger partial charge is 0.239 e. The molecule has 0 aliphatic heterocycles. The lowest BCUT2D eigenvalue weighted by Crippen LogP contribution is -1.97. The molecule has 14 heavy (non-hydrogen) atoms. The highest BCUT2D eigenvalue weighted by atomic mass is 79.9. The molecule has 0 aliphatic rings. The molecule has 2 rings (SSSR count). The van der Waals surface area contributed by atoms with Crippen LogP contribution in [-0.4, -0.2) is 9.78 Å². The number of nitrogens with zero attached hydrogens (tertiary/aromatic N) is 2. The zero-order valence-electron chi connectivity index (χ0n) is 7.54. The molecule has 0 radical (unpaired) electrons. The SMILES string of the molecule is Cc1ccc(F)cc1-n1cc(Br)cn1. The zero-order chi connectivity index (χ0) is 10.1. The second-order valence-electron chi connectivity index (χ2n) is 3.03. The Kier molecular flexibility index (Phi) is 2.37. The molecule has 0 unspecified atom stereocenters. The van der Waals surface area contributed by atoms with Crippen molar-refractivity contribution in [1.29, 1.82) is 0 Å². The summed E-state index contributed by atoms with van der Waals surface area (Å²) in [5.74, 6) is -0.253. The minimum atomic E-state index is -0.253. The van der Waals surface area contributed by atoms with Gasteiger partial charge >= 0.3 is 0 Å². The summed E-state index contributed by atoms with van der Waals surface area (Å²) in [6.45, 7) is 1.92. The van der Waals surface area contributed by atoms with Gasteiger partial charge in [-0.1, -0.05) is 6.07 Å². The summed E-state index contributed by atoms with van der Waals surface area (Å²) < 4.78 is 15.5. The number of hydrogen-bond acceptors (Lipinski definition) is 1. The summed E-state index contributed by atoms with van der Waals surface area (Å²) in [5, 5.41) is 4.09. The van der Waals surface area contributed by atoms with Crippen molar-refractivity contribution in [2.45, 2.75) is 6.92 Å². The third kappa shape index (κ3) is 1.70. The van der Waals surface area contributed by atoms with Crippen LogP contribution >= 0.6 is 15.9 Å². The van der Waals surface area contributed by atoms with Crippen LogP contribution in [0.4, 0.5) is 4.39 Å². The van der Waals surface area contributed by atoms with Gasteiger partial charge in [-0.15, -0.1) is 0 Å². The van der Waals surface area contributed by atoms with E-state index in [2.05, 4.69) is 21.0 Å². The number of aryl methyl sites for hydroxylation is 1. The van der Waals surface area contributed by atoms with Crippen LogP contribution in [0.5, 0.6) is 0 Å². The Bertz CT molecular complexity index is 465. The van der Waals surface area contributed by atoms with Crippen LogP contribution in [0, 0.1) is 12.7 Å². The van der Waals surface area contributed by atoms with Crippen LogP contribution in [0.15, 0.2) is 35.1 Å². The first kappa shape index (κ1) is 9.40. The number of halogens is 2. The van der Waals surface area contributed by atoms with Crippen LogP contribution in [0.2, 0.25) is 0 Å². The van der Waals surface area contributed by atoms with Crippen molar-refractivity contribution in [3.05, 3.63) is 46.4 Å². The van der Waals surface area contributed by atoms with Crippen molar-refractivity contribution in [3.8, 4) is 5.69 Å². The van der Waals surface area contributed by atoms with Crippen LogP contribution in [0.25, 0.3) is 5.69 Å². The highest BCUT2D eigenvalue weighted by Crippen LogP contribution is 2.17. The van der Waals surface area contributed by atoms with E-state index in [0.717, 1.165) is 15.7 Å². The van der Waals surface area contributed by atoms with Gasteiger partial charge in [0.25, 0.3) is 0 Å². The second-order valence-corrected chi connectivity index (χ2v) is 3.95. The molecule has 1 heterocycles. The molecule has 0 atom stereocenters. The molecule has 1 aromatic carbocycles. The molecule has 0 amide bonds. The van der Waals surface area contributed by atoms with Crippen LogP contribution < -0.4 is 0 Å². The third-order valence-corrected chi connectivity index (χ3v) is 2.38. The van der Waals surface area contributed by atoms with Crippen molar-refractivity contribution in [2.75, 3.05) is 0 Å². The van der Waals surface area contributed by atoms with E-state index in [1.807, 2.05) is 6.92 Å². The third-order valence-electron chi connectivity index (χ3n) is 1.97. The fourth-order valence-electron chi connectivity index (χ4n) is 1.26. The summed E-state index contributed by atoms with van der Waals surface area (Å²) in [4.78, 5) is 0. The van der Waals surface area contributed by atoms with Crippen molar-refractivity contribution in [2.24, 2.45) is 0 Å². The molecular weight excluding hydrogens is 247 g/mol. The predicted octanol–water partition coefficient (Wildman–Crippen LogP) is 3.08. The lowest BCUT2D eigenvalue weighted by Gasteiger charge is -2.04. The van der Waals surface area contributed by atoms with Gasteiger partial charge in [-0.05, 0) is 40.5 Å². The van der Waals surface area contributed by atoms with Gasteiger partial charge in [0, 0.05) is 6.20 Å². The van der Waals surface area contributed by atoms with E-state index in [9.17, 15) is 4.39 Å². The van der Waals surface area contributed by atoms with Gasteiger partial charge in [-0.25, -0.2) is 9.07 Å². The van der Waals surface area contributed by atoms with Crippen LogP contribution in [-0.2, 0) is 0 Å². The predicted molar refractivity (Wildman–Crippen MR) is 56.0 cm³/mol. The van der Waals surface area contributed by atoms with Crippen molar-refractivity contribution < 1.29 is 4.39 Å². The average Bonchev–Trinajstić information content (AvgIpc) is 2.56. The Morgan fingerprint density at radius 1 is 1.43 bits per heavy atom. The van der Waals surface area contributed by atoms with E-state index < -0.39 is 0 Å². The number of benzene rings is 1. The van der Waals surface area contributed by atoms with E-state index in [0.29, 0.717) is 0 Å². The van der Waals surface area contributed by atoms with Crippen LogP contribution in [0.3, 0.4) is 0 Å². The molecule has 2 nitrogen and oxygen atoms in total. The number of hydrogen-bond donors (Lipinski definition) is 0. The van der Waals surface area contributed by atoms with E-state index in [4.69, 9.17) is 0 Å². The Morgan fingerprint density at radius 3 is 2.86 bits per heavy atom. The molecule has 0 aliphatic carbocycles. The number of aromatic nitrogens is 2. The smallest absolute Gasteiger partial charge is 0.125 e. The molecule has 0 bridgehead atoms. The second kappa shape index (κ2) is 3.53. The maximum atomic E-state index is 13.0. The molecule has 0 spiro atoms. The van der Waals surface area contributed by atoms with Gasteiger partial charge in [0.15, 0.2) is 0 Å². The fraction of sp³-hybridized carbons (Fsp3) is 0.100. The van der Waals surface area contributed by atoms with Gasteiger partial charge < -0.3 is 0 Å². The van der Waals surface area contributed by atoms with E-state index in [1.165, 1.54) is 12.1 Å². The molecule has 0 saturated carbocycles. The lowest BCUT2D eigenvalue weighted by molar-refractivity contribution is 0.624. The number of rotatable bonds is 1. The summed E-state index contributed by atoms with van der Waals surface area (Å²) in [7, 11) is 0. The minimum absolute atomic E-state index is 0.253. The van der Waals surface area contributed by atoms with Gasteiger partial charge in [-0.2, -0.15) is 5.10 Å². The first-order chi connectivity index (χ1) is 6.66. The maximum absolute atomic E-state index is 13.0. The van der Waals surface area contributed by atoms with E-state index in [-0.39, 0.29) is 5.82 Å². The molecule has 1 aromatic heterocycles. The quantitative estimate of drug-likeness (QED) is 0.765. The maximum Gasteiger partial charge on any atom is 0.125 e. The molecule has 0 N–H and O–H groups in total. The van der Waals surface area contributed by atoms with Gasteiger partial charge in [0.05, 0.1) is 16.4 Å².